The highest BCUT2D eigenvalue weighted by Crippen LogP contribution is 2.35. The fourth-order valence-electron chi connectivity index (χ4n) is 3.35. The Kier molecular flexibility index (Phi) is 4.15. The van der Waals surface area contributed by atoms with E-state index in [2.05, 4.69) is 15.1 Å². The van der Waals surface area contributed by atoms with Crippen LogP contribution in [-0.2, 0) is 4.74 Å². The molecule has 0 spiro atoms. The lowest BCUT2D eigenvalue weighted by atomic mass is 10.1. The van der Waals surface area contributed by atoms with Gasteiger partial charge in [0.2, 0.25) is 0 Å². The number of anilines is 1. The summed E-state index contributed by atoms with van der Waals surface area (Å²) in [7, 11) is 0. The molecule has 1 fully saturated rings. The summed E-state index contributed by atoms with van der Waals surface area (Å²) in [6.45, 7) is 2.66. The van der Waals surface area contributed by atoms with Crippen LogP contribution in [0.4, 0.5) is 5.82 Å². The minimum atomic E-state index is -0.561. The van der Waals surface area contributed by atoms with Crippen molar-refractivity contribution >= 4 is 44.2 Å². The van der Waals surface area contributed by atoms with Crippen LogP contribution >= 0.6 is 11.3 Å². The molecule has 0 unspecified atom stereocenters. The topological polar surface area (TPSA) is 116 Å². The third-order valence-electron chi connectivity index (χ3n) is 4.72. The molecule has 9 nitrogen and oxygen atoms in total. The van der Waals surface area contributed by atoms with Gasteiger partial charge in [0.05, 0.1) is 40.0 Å². The van der Waals surface area contributed by atoms with Crippen LogP contribution in [0.5, 0.6) is 0 Å². The van der Waals surface area contributed by atoms with Gasteiger partial charge in [-0.15, -0.1) is 11.3 Å². The number of carbonyl (C=O) groups is 1. The van der Waals surface area contributed by atoms with Crippen LogP contribution in [0.2, 0.25) is 0 Å². The largest absolute Gasteiger partial charge is 0.378 e. The molecule has 3 N–H and O–H groups in total. The van der Waals surface area contributed by atoms with E-state index in [9.17, 15) is 4.79 Å². The Morgan fingerprint density at radius 2 is 2.14 bits per heavy atom. The minimum absolute atomic E-state index is 0.375. The summed E-state index contributed by atoms with van der Waals surface area (Å²) in [5.74, 6) is 0.773. The SMILES string of the molecule is O=C(NO)c1cc2nc(-c3cccc4[nH]ncc34)nc(N3CCOCC3)c2s1. The molecule has 28 heavy (non-hydrogen) atoms. The Hall–Kier alpha value is -3.08. The van der Waals surface area contributed by atoms with Gasteiger partial charge in [0.25, 0.3) is 5.91 Å². The number of hydroxylamine groups is 1. The average molecular weight is 396 g/mol. The van der Waals surface area contributed by atoms with Crippen LogP contribution in [0.1, 0.15) is 9.67 Å². The molecule has 3 aromatic heterocycles. The van der Waals surface area contributed by atoms with Crippen LogP contribution in [-0.4, -0.2) is 57.6 Å². The van der Waals surface area contributed by atoms with Gasteiger partial charge in [-0.1, -0.05) is 12.1 Å². The molecule has 1 saturated heterocycles. The van der Waals surface area contributed by atoms with Gasteiger partial charge in [-0.2, -0.15) is 5.10 Å². The summed E-state index contributed by atoms with van der Waals surface area (Å²) in [6, 6.07) is 7.50. The van der Waals surface area contributed by atoms with E-state index in [1.807, 2.05) is 18.2 Å². The standard InChI is InChI=1S/C18H16N6O3S/c25-18(23-26)14-8-13-15(28-14)17(24-4-6-27-7-5-24)21-16(20-13)10-2-1-3-12-11(10)9-19-22-12/h1-3,8-9,26H,4-7H2,(H,19,22)(H,23,25). The van der Waals surface area contributed by atoms with E-state index in [0.29, 0.717) is 42.5 Å². The molecule has 1 aromatic carbocycles. The number of thiophene rings is 1. The van der Waals surface area contributed by atoms with E-state index in [4.69, 9.17) is 19.9 Å². The summed E-state index contributed by atoms with van der Waals surface area (Å²) in [5.41, 5.74) is 4.11. The number of aromatic nitrogens is 4. The number of H-pyrrole nitrogens is 1. The van der Waals surface area contributed by atoms with Crippen molar-refractivity contribution in [2.45, 2.75) is 0 Å². The van der Waals surface area contributed by atoms with Gasteiger partial charge in [0, 0.05) is 24.0 Å². The van der Waals surface area contributed by atoms with Crippen molar-refractivity contribution in [2.24, 2.45) is 0 Å². The second kappa shape index (κ2) is 6.82. The normalized spacial score (nSPS) is 14.7. The number of ether oxygens (including phenoxy) is 1. The lowest BCUT2D eigenvalue weighted by Gasteiger charge is -2.28. The van der Waals surface area contributed by atoms with Crippen LogP contribution in [0.3, 0.4) is 0 Å². The Labute approximate surface area is 162 Å². The third kappa shape index (κ3) is 2.78. The molecule has 0 aliphatic carbocycles. The highest BCUT2D eigenvalue weighted by Gasteiger charge is 2.22. The van der Waals surface area contributed by atoms with Crippen LogP contribution in [0, 0.1) is 0 Å². The lowest BCUT2D eigenvalue weighted by Crippen LogP contribution is -2.36. The number of carbonyl (C=O) groups excluding carboxylic acids is 1. The van der Waals surface area contributed by atoms with Crippen molar-refractivity contribution < 1.29 is 14.7 Å². The van der Waals surface area contributed by atoms with E-state index >= 15 is 0 Å². The Bertz CT molecular complexity index is 1180. The van der Waals surface area contributed by atoms with Crippen molar-refractivity contribution in [1.29, 1.82) is 0 Å². The first-order valence-electron chi connectivity index (χ1n) is 8.76. The molecule has 0 atom stereocenters. The number of hydrogen-bond donors (Lipinski definition) is 3. The number of fused-ring (bicyclic) bond motifs is 2. The Balaban J connectivity index is 1.73. The number of amides is 1. The van der Waals surface area contributed by atoms with Gasteiger partial charge in [0.1, 0.15) is 0 Å². The number of rotatable bonds is 3. The van der Waals surface area contributed by atoms with Gasteiger partial charge < -0.3 is 9.64 Å². The molecule has 1 aliphatic rings. The predicted molar refractivity (Wildman–Crippen MR) is 105 cm³/mol. The fraction of sp³-hybridized carbons (Fsp3) is 0.222. The number of aromatic amines is 1. The fourth-order valence-corrected chi connectivity index (χ4v) is 4.36. The molecule has 1 aliphatic heterocycles. The van der Waals surface area contributed by atoms with Gasteiger partial charge >= 0.3 is 0 Å². The molecule has 0 radical (unpaired) electrons. The zero-order chi connectivity index (χ0) is 19.1. The molecule has 142 valence electrons. The highest BCUT2D eigenvalue weighted by atomic mass is 32.1. The summed E-state index contributed by atoms with van der Waals surface area (Å²) in [4.78, 5) is 24.0. The minimum Gasteiger partial charge on any atom is -0.378 e. The van der Waals surface area contributed by atoms with Crippen molar-refractivity contribution in [3.63, 3.8) is 0 Å². The molecule has 4 heterocycles. The maximum Gasteiger partial charge on any atom is 0.284 e. The third-order valence-corrected chi connectivity index (χ3v) is 5.83. The Morgan fingerprint density at radius 1 is 1.29 bits per heavy atom. The molecular formula is C18H16N6O3S. The van der Waals surface area contributed by atoms with E-state index < -0.39 is 5.91 Å². The van der Waals surface area contributed by atoms with Crippen molar-refractivity contribution in [3.8, 4) is 11.4 Å². The zero-order valence-electron chi connectivity index (χ0n) is 14.7. The first kappa shape index (κ1) is 17.0. The predicted octanol–water partition coefficient (Wildman–Crippen LogP) is 2.19. The summed E-state index contributed by atoms with van der Waals surface area (Å²) >= 11 is 1.26. The summed E-state index contributed by atoms with van der Waals surface area (Å²) < 4.78 is 6.27. The molecular weight excluding hydrogens is 380 g/mol. The maximum atomic E-state index is 11.9. The molecule has 4 aromatic rings. The number of nitrogens with zero attached hydrogens (tertiary/aromatic N) is 4. The maximum absolute atomic E-state index is 11.9. The number of morpholine rings is 1. The summed E-state index contributed by atoms with van der Waals surface area (Å²) in [6.07, 6.45) is 1.75. The van der Waals surface area contributed by atoms with Gasteiger partial charge in [-0.3, -0.25) is 15.1 Å². The molecule has 5 rings (SSSR count). The summed E-state index contributed by atoms with van der Waals surface area (Å²) in [5, 5.41) is 17.0. The first-order valence-corrected chi connectivity index (χ1v) is 9.57. The van der Waals surface area contributed by atoms with Crippen molar-refractivity contribution in [2.75, 3.05) is 31.2 Å². The molecule has 0 bridgehead atoms. The van der Waals surface area contributed by atoms with Crippen LogP contribution < -0.4 is 10.4 Å². The second-order valence-electron chi connectivity index (χ2n) is 6.37. The van der Waals surface area contributed by atoms with Crippen molar-refractivity contribution in [3.05, 3.63) is 35.3 Å². The van der Waals surface area contributed by atoms with Crippen LogP contribution in [0.25, 0.3) is 32.5 Å². The smallest absolute Gasteiger partial charge is 0.284 e. The number of benzene rings is 1. The zero-order valence-corrected chi connectivity index (χ0v) is 15.5. The second-order valence-corrected chi connectivity index (χ2v) is 7.43. The van der Waals surface area contributed by atoms with Gasteiger partial charge in [-0.25, -0.2) is 15.4 Å². The number of nitrogens with one attached hydrogen (secondary N) is 2. The highest BCUT2D eigenvalue weighted by molar-refractivity contribution is 7.21. The van der Waals surface area contributed by atoms with Crippen molar-refractivity contribution in [1.82, 2.24) is 25.6 Å². The molecule has 10 heteroatoms. The van der Waals surface area contributed by atoms with Crippen LogP contribution in [0.15, 0.2) is 30.5 Å². The molecule has 1 amide bonds. The van der Waals surface area contributed by atoms with Gasteiger partial charge in [0.15, 0.2) is 11.6 Å². The average Bonchev–Trinajstić information content (AvgIpc) is 3.39. The lowest BCUT2D eigenvalue weighted by molar-refractivity contribution is 0.0711. The quantitative estimate of drug-likeness (QED) is 0.359. The first-order chi connectivity index (χ1) is 13.7. The number of hydrogen-bond acceptors (Lipinski definition) is 8. The van der Waals surface area contributed by atoms with Gasteiger partial charge in [-0.05, 0) is 12.1 Å². The van der Waals surface area contributed by atoms with E-state index in [0.717, 1.165) is 27.0 Å². The monoisotopic (exact) mass is 396 g/mol. The Morgan fingerprint density at radius 3 is 2.96 bits per heavy atom. The van der Waals surface area contributed by atoms with E-state index in [-0.39, 0.29) is 0 Å². The van der Waals surface area contributed by atoms with E-state index in [1.54, 1.807) is 17.7 Å². The molecule has 0 saturated carbocycles. The van der Waals surface area contributed by atoms with E-state index in [1.165, 1.54) is 11.3 Å².